The summed E-state index contributed by atoms with van der Waals surface area (Å²) < 4.78 is 17.0. The molecule has 3 aromatic rings. The first kappa shape index (κ1) is 24.3. The molecule has 2 aromatic carbocycles. The van der Waals surface area contributed by atoms with E-state index >= 15 is 0 Å². The van der Waals surface area contributed by atoms with Gasteiger partial charge < -0.3 is 29.0 Å². The molecule has 3 aliphatic rings. The lowest BCUT2D eigenvalue weighted by molar-refractivity contribution is -0.170. The van der Waals surface area contributed by atoms with Crippen LogP contribution < -0.4 is 9.47 Å². The molecule has 3 unspecified atom stereocenters. The number of fused-ring (bicyclic) bond motifs is 6. The highest BCUT2D eigenvalue weighted by atomic mass is 16.5. The van der Waals surface area contributed by atoms with Gasteiger partial charge in [-0.15, -0.1) is 0 Å². The van der Waals surface area contributed by atoms with E-state index in [0.717, 1.165) is 22.0 Å². The number of nitrogens with one attached hydrogen (secondary N) is 1. The molecule has 2 amide bonds. The summed E-state index contributed by atoms with van der Waals surface area (Å²) >= 11 is 0. The summed E-state index contributed by atoms with van der Waals surface area (Å²) in [5.74, 6) is -0.968. The van der Waals surface area contributed by atoms with E-state index in [4.69, 9.17) is 14.2 Å². The van der Waals surface area contributed by atoms with E-state index in [9.17, 15) is 14.4 Å². The number of aromatic nitrogens is 1. The fourth-order valence-electron chi connectivity index (χ4n) is 6.68. The van der Waals surface area contributed by atoms with Gasteiger partial charge in [0.2, 0.25) is 11.8 Å². The monoisotopic (exact) mass is 517 g/mol. The third-order valence-corrected chi connectivity index (χ3v) is 8.37. The fourth-order valence-corrected chi connectivity index (χ4v) is 6.68. The van der Waals surface area contributed by atoms with Crippen molar-refractivity contribution >= 4 is 28.7 Å². The van der Waals surface area contributed by atoms with Gasteiger partial charge in [-0.2, -0.15) is 0 Å². The zero-order valence-corrected chi connectivity index (χ0v) is 21.7. The van der Waals surface area contributed by atoms with Gasteiger partial charge in [0.1, 0.15) is 17.0 Å². The van der Waals surface area contributed by atoms with Crippen molar-refractivity contribution in [2.45, 2.75) is 31.8 Å². The number of methoxy groups -OCH3 is 1. The highest BCUT2D eigenvalue weighted by molar-refractivity contribution is 6.02. The molecule has 2 fully saturated rings. The number of hydrogen-bond acceptors (Lipinski definition) is 6. The maximum atomic E-state index is 14.2. The first-order valence-electron chi connectivity index (χ1n) is 13.0. The van der Waals surface area contributed by atoms with Crippen LogP contribution in [0, 0.1) is 11.8 Å². The van der Waals surface area contributed by atoms with Crippen LogP contribution >= 0.6 is 0 Å². The molecule has 38 heavy (non-hydrogen) atoms. The molecule has 3 aliphatic heterocycles. The average Bonchev–Trinajstić information content (AvgIpc) is 3.46. The zero-order valence-electron chi connectivity index (χ0n) is 21.7. The highest BCUT2D eigenvalue weighted by Gasteiger charge is 2.69. The first-order chi connectivity index (χ1) is 18.4. The van der Waals surface area contributed by atoms with Gasteiger partial charge in [-0.3, -0.25) is 14.4 Å². The third-order valence-electron chi connectivity index (χ3n) is 8.37. The number of piperazine rings is 1. The van der Waals surface area contributed by atoms with Gasteiger partial charge in [-0.05, 0) is 50.1 Å². The Kier molecular flexibility index (Phi) is 5.81. The van der Waals surface area contributed by atoms with Crippen LogP contribution in [0.15, 0.2) is 48.7 Å². The number of carbonyl (C=O) groups excluding carboxylic acids is 3. The molecule has 1 N–H and O–H groups in total. The minimum atomic E-state index is -1.40. The Morgan fingerprint density at radius 3 is 2.82 bits per heavy atom. The maximum absolute atomic E-state index is 14.2. The largest absolute Gasteiger partial charge is 0.497 e. The van der Waals surface area contributed by atoms with E-state index in [1.54, 1.807) is 36.8 Å². The highest BCUT2D eigenvalue weighted by Crippen LogP contribution is 2.57. The molecule has 0 bridgehead atoms. The summed E-state index contributed by atoms with van der Waals surface area (Å²) in [6, 6.07) is 12.9. The van der Waals surface area contributed by atoms with Crippen LogP contribution in [0.4, 0.5) is 0 Å². The van der Waals surface area contributed by atoms with E-state index in [1.807, 2.05) is 42.6 Å². The SMILES string of the molecule is CCOC(=O)C1C2COc3ccc(OC)cc3C2N2C(=O)CN(CCc3c[nH]c4ccccc34)C(=O)[C@@]12C. The van der Waals surface area contributed by atoms with Crippen molar-refractivity contribution in [1.82, 2.24) is 14.8 Å². The molecule has 9 nitrogen and oxygen atoms in total. The molecule has 0 aliphatic carbocycles. The summed E-state index contributed by atoms with van der Waals surface area (Å²) in [6.45, 7) is 4.15. The molecule has 198 valence electrons. The minimum absolute atomic E-state index is 0.0459. The number of aromatic amines is 1. The van der Waals surface area contributed by atoms with Crippen LogP contribution in [-0.4, -0.2) is 71.5 Å². The predicted molar refractivity (Wildman–Crippen MR) is 139 cm³/mol. The Hall–Kier alpha value is -4.01. The van der Waals surface area contributed by atoms with Crippen molar-refractivity contribution in [2.75, 3.05) is 33.4 Å². The van der Waals surface area contributed by atoms with Gasteiger partial charge >= 0.3 is 5.97 Å². The zero-order chi connectivity index (χ0) is 26.6. The molecule has 1 aromatic heterocycles. The van der Waals surface area contributed by atoms with E-state index < -0.39 is 29.4 Å². The van der Waals surface area contributed by atoms with Crippen LogP contribution in [0.25, 0.3) is 10.9 Å². The number of amides is 2. The summed E-state index contributed by atoms with van der Waals surface area (Å²) in [7, 11) is 1.57. The second kappa shape index (κ2) is 9.08. The fraction of sp³-hybridized carbons (Fsp3) is 0.414. The number of nitrogens with zero attached hydrogens (tertiary/aromatic N) is 2. The number of hydrogen-bond donors (Lipinski definition) is 1. The van der Waals surface area contributed by atoms with Crippen LogP contribution in [0.1, 0.15) is 31.0 Å². The minimum Gasteiger partial charge on any atom is -0.497 e. The smallest absolute Gasteiger partial charge is 0.312 e. The van der Waals surface area contributed by atoms with Gasteiger partial charge in [-0.25, -0.2) is 0 Å². The van der Waals surface area contributed by atoms with Gasteiger partial charge in [0.25, 0.3) is 0 Å². The average molecular weight is 518 g/mol. The van der Waals surface area contributed by atoms with Crippen molar-refractivity contribution < 1.29 is 28.6 Å². The van der Waals surface area contributed by atoms with Crippen molar-refractivity contribution in [3.8, 4) is 11.5 Å². The molecule has 0 spiro atoms. The quantitative estimate of drug-likeness (QED) is 0.505. The summed E-state index contributed by atoms with van der Waals surface area (Å²) in [4.78, 5) is 48.0. The summed E-state index contributed by atoms with van der Waals surface area (Å²) in [6.07, 6.45) is 2.53. The Bertz CT molecular complexity index is 1430. The standard InChI is InChI=1S/C29H31N3O6/c1-4-37-27(34)25-21-16-38-23-10-9-18(36-3)13-20(23)26(21)32-24(33)15-31(28(35)29(25,32)2)12-11-17-14-30-22-8-6-5-7-19(17)22/h5-10,13-14,21,25-26,30H,4,11-12,15-16H2,1-3H3/t21?,25?,26?,29-/m1/s1. The van der Waals surface area contributed by atoms with E-state index in [-0.39, 0.29) is 31.6 Å². The number of carbonyl (C=O) groups is 3. The van der Waals surface area contributed by atoms with Gasteiger partial charge in [-0.1, -0.05) is 18.2 Å². The molecule has 0 radical (unpaired) electrons. The number of benzene rings is 2. The van der Waals surface area contributed by atoms with Crippen molar-refractivity contribution in [3.63, 3.8) is 0 Å². The van der Waals surface area contributed by atoms with Crippen molar-refractivity contribution in [3.05, 3.63) is 59.8 Å². The molecular formula is C29H31N3O6. The third kappa shape index (κ3) is 3.48. The Labute approximate surface area is 220 Å². The molecule has 0 saturated carbocycles. The van der Waals surface area contributed by atoms with Crippen LogP contribution in [0.5, 0.6) is 11.5 Å². The Morgan fingerprint density at radius 2 is 2.03 bits per heavy atom. The Balaban J connectivity index is 1.37. The Morgan fingerprint density at radius 1 is 1.21 bits per heavy atom. The lowest BCUT2D eigenvalue weighted by Gasteiger charge is -2.47. The predicted octanol–water partition coefficient (Wildman–Crippen LogP) is 3.09. The molecule has 9 heteroatoms. The molecule has 4 atom stereocenters. The van der Waals surface area contributed by atoms with Crippen LogP contribution in [0.2, 0.25) is 0 Å². The number of rotatable bonds is 6. The van der Waals surface area contributed by atoms with Crippen LogP contribution in [0.3, 0.4) is 0 Å². The first-order valence-corrected chi connectivity index (χ1v) is 13.0. The van der Waals surface area contributed by atoms with E-state index in [2.05, 4.69) is 4.98 Å². The number of esters is 1. The normalized spacial score (nSPS) is 26.0. The lowest BCUT2D eigenvalue weighted by Crippen LogP contribution is -2.67. The summed E-state index contributed by atoms with van der Waals surface area (Å²) in [5.41, 5.74) is 1.44. The number of H-pyrrole nitrogens is 1. The van der Waals surface area contributed by atoms with Gasteiger partial charge in [0, 0.05) is 35.1 Å². The van der Waals surface area contributed by atoms with Gasteiger partial charge in [0.15, 0.2) is 0 Å². The maximum Gasteiger partial charge on any atom is 0.312 e. The summed E-state index contributed by atoms with van der Waals surface area (Å²) in [5, 5.41) is 1.09. The second-order valence-corrected chi connectivity index (χ2v) is 10.3. The lowest BCUT2D eigenvalue weighted by atomic mass is 9.77. The molecule has 6 rings (SSSR count). The topological polar surface area (TPSA) is 101 Å². The van der Waals surface area contributed by atoms with E-state index in [0.29, 0.717) is 24.5 Å². The number of ether oxygens (including phenoxy) is 3. The van der Waals surface area contributed by atoms with Crippen molar-refractivity contribution in [2.24, 2.45) is 11.8 Å². The second-order valence-electron chi connectivity index (χ2n) is 10.3. The van der Waals surface area contributed by atoms with Crippen molar-refractivity contribution in [1.29, 1.82) is 0 Å². The van der Waals surface area contributed by atoms with Gasteiger partial charge in [0.05, 0.1) is 38.8 Å². The molecule has 2 saturated heterocycles. The molecule has 4 heterocycles. The number of para-hydroxylation sites is 1. The van der Waals surface area contributed by atoms with Crippen LogP contribution in [-0.2, 0) is 25.5 Å². The van der Waals surface area contributed by atoms with E-state index in [1.165, 1.54) is 0 Å². The molecular weight excluding hydrogens is 486 g/mol.